The van der Waals surface area contributed by atoms with E-state index in [1.165, 1.54) is 89.4 Å². The minimum Gasteiger partial charge on any atom is -0.496 e. The molecule has 2 aliphatic carbocycles. The molecule has 4 heterocycles. The van der Waals surface area contributed by atoms with Gasteiger partial charge in [-0.15, -0.1) is 23.2 Å². The fraction of sp³-hybridized carbons (Fsp3) is 0.520. The molecule has 8 rings (SSSR count). The summed E-state index contributed by atoms with van der Waals surface area (Å²) in [7, 11) is 2.82. The molecule has 0 atom stereocenters. The highest BCUT2D eigenvalue weighted by molar-refractivity contribution is 6.40. The van der Waals surface area contributed by atoms with Gasteiger partial charge in [-0.1, -0.05) is 46.0 Å². The number of alkyl halides is 2. The quantitative estimate of drug-likeness (QED) is 0.0336. The number of halogens is 4. The number of carbonyl (C=O) groups excluding carboxylic acids is 4. The first-order valence-corrected chi connectivity index (χ1v) is 24.9. The average molecular weight is 1040 g/mol. The summed E-state index contributed by atoms with van der Waals surface area (Å²) in [4.78, 5) is 70.2. The van der Waals surface area contributed by atoms with E-state index in [0.717, 1.165) is 76.6 Å². The molecule has 392 valence electrons. The van der Waals surface area contributed by atoms with E-state index in [2.05, 4.69) is 46.2 Å². The van der Waals surface area contributed by atoms with Gasteiger partial charge in [-0.2, -0.15) is 9.97 Å². The number of anilines is 4. The summed E-state index contributed by atoms with van der Waals surface area (Å²) < 4.78 is 37.5. The zero-order chi connectivity index (χ0) is 51.1. The molecule has 4 aliphatic rings. The van der Waals surface area contributed by atoms with Gasteiger partial charge in [0.25, 0.3) is 0 Å². The third kappa shape index (κ3) is 17.8. The van der Waals surface area contributed by atoms with Gasteiger partial charge in [0.15, 0.2) is 0 Å². The molecule has 72 heavy (non-hydrogen) atoms. The smallest absolute Gasteiger partial charge is 0.317 e. The molecule has 4 aromatic rings. The second-order valence-corrected chi connectivity index (χ2v) is 18.1. The van der Waals surface area contributed by atoms with Crippen LogP contribution in [0.5, 0.6) is 11.5 Å². The second kappa shape index (κ2) is 30.6. The number of hydrogen-bond donors (Lipinski definition) is 6. The Bertz CT molecular complexity index is 2410. The Kier molecular flexibility index (Phi) is 24.8. The van der Waals surface area contributed by atoms with Crippen LogP contribution in [0, 0.1) is 11.6 Å². The predicted octanol–water partition coefficient (Wildman–Crippen LogP) is 8.67. The van der Waals surface area contributed by atoms with Crippen molar-refractivity contribution in [2.75, 3.05) is 67.8 Å². The Morgan fingerprint density at radius 2 is 1.15 bits per heavy atom. The highest BCUT2D eigenvalue weighted by atomic mass is 35.5. The molecule has 2 saturated carbocycles. The maximum absolute atomic E-state index is 13.7. The van der Waals surface area contributed by atoms with Crippen LogP contribution < -0.4 is 42.2 Å². The van der Waals surface area contributed by atoms with Crippen LogP contribution in [-0.2, 0) is 4.79 Å². The van der Waals surface area contributed by atoms with Crippen molar-refractivity contribution in [3.63, 3.8) is 0 Å². The van der Waals surface area contributed by atoms with Gasteiger partial charge in [-0.05, 0) is 101 Å². The SMILES string of the molecule is C.COc1ccc(F)cc1C(=O)c1cnc(NC2CCN(C(=O)NC3CCCCC3)CC2)nc1N.COc1ccc(F)cc1C(=O)c1cnc(NC2CCNCC2)nc1N.ClCCl.O=C=NC1CCCCC1. The van der Waals surface area contributed by atoms with Crippen molar-refractivity contribution in [2.24, 2.45) is 4.99 Å². The molecule has 2 aromatic heterocycles. The fourth-order valence-corrected chi connectivity index (χ4v) is 8.64. The Morgan fingerprint density at radius 1 is 0.708 bits per heavy atom. The minimum absolute atomic E-state index is 0. The minimum atomic E-state index is -0.555. The number of carbonyl (C=O) groups is 3. The van der Waals surface area contributed by atoms with Crippen LogP contribution in [0.4, 0.5) is 37.1 Å². The van der Waals surface area contributed by atoms with Crippen molar-refractivity contribution < 1.29 is 37.4 Å². The average Bonchev–Trinajstić information content (AvgIpc) is 3.38. The second-order valence-electron chi connectivity index (χ2n) is 17.3. The lowest BCUT2D eigenvalue weighted by atomic mass is 9.95. The van der Waals surface area contributed by atoms with E-state index in [-0.39, 0.29) is 76.3 Å². The van der Waals surface area contributed by atoms with Gasteiger partial charge < -0.3 is 47.1 Å². The molecule has 2 saturated heterocycles. The van der Waals surface area contributed by atoms with Crippen molar-refractivity contribution in [2.45, 2.75) is 121 Å². The van der Waals surface area contributed by atoms with E-state index in [1.807, 2.05) is 4.90 Å². The van der Waals surface area contributed by atoms with Crippen molar-refractivity contribution in [1.29, 1.82) is 0 Å². The number of amides is 2. The number of methoxy groups -OCH3 is 2. The van der Waals surface area contributed by atoms with Gasteiger partial charge in [-0.3, -0.25) is 9.59 Å². The predicted molar refractivity (Wildman–Crippen MR) is 277 cm³/mol. The van der Waals surface area contributed by atoms with Gasteiger partial charge in [0.05, 0.1) is 47.9 Å². The topological polar surface area (TPSA) is 254 Å². The van der Waals surface area contributed by atoms with E-state index < -0.39 is 23.2 Å². The summed E-state index contributed by atoms with van der Waals surface area (Å²) in [6, 6.07) is 8.40. The summed E-state index contributed by atoms with van der Waals surface area (Å²) in [5.74, 6) is -0.846. The molecule has 0 radical (unpaired) electrons. The van der Waals surface area contributed by atoms with Gasteiger partial charge in [0, 0.05) is 43.6 Å². The van der Waals surface area contributed by atoms with Crippen molar-refractivity contribution in [3.05, 3.63) is 82.7 Å². The number of likely N-dealkylation sites (tertiary alicyclic amines) is 1. The van der Waals surface area contributed by atoms with E-state index in [1.54, 1.807) is 6.08 Å². The first-order valence-electron chi connectivity index (χ1n) is 23.9. The molecule has 22 heteroatoms. The maximum Gasteiger partial charge on any atom is 0.317 e. The number of rotatable bonds is 12. The zero-order valence-corrected chi connectivity index (χ0v) is 41.7. The number of nitrogens with one attached hydrogen (secondary N) is 4. The van der Waals surface area contributed by atoms with Gasteiger partial charge in [0.2, 0.25) is 29.5 Å². The molecule has 2 aliphatic heterocycles. The first kappa shape index (κ1) is 58.4. The summed E-state index contributed by atoms with van der Waals surface area (Å²) in [6.45, 7) is 3.15. The number of aromatic nitrogens is 4. The first-order chi connectivity index (χ1) is 34.4. The Morgan fingerprint density at radius 3 is 1.58 bits per heavy atom. The third-order valence-corrected chi connectivity index (χ3v) is 12.5. The van der Waals surface area contributed by atoms with E-state index in [0.29, 0.717) is 37.1 Å². The molecular formula is C50H68Cl2F2N12O6. The van der Waals surface area contributed by atoms with Crippen LogP contribution in [-0.4, -0.2) is 118 Å². The summed E-state index contributed by atoms with van der Waals surface area (Å²) in [5.41, 5.74) is 12.3. The van der Waals surface area contributed by atoms with Gasteiger partial charge in [0.1, 0.15) is 34.8 Å². The van der Waals surface area contributed by atoms with Crippen molar-refractivity contribution in [1.82, 2.24) is 35.5 Å². The summed E-state index contributed by atoms with van der Waals surface area (Å²) in [6.07, 6.45) is 19.4. The van der Waals surface area contributed by atoms with Gasteiger partial charge >= 0.3 is 6.03 Å². The molecule has 2 aromatic carbocycles. The molecule has 2 amide bonds. The summed E-state index contributed by atoms with van der Waals surface area (Å²) in [5, 5.41) is 13.1. The molecular weight excluding hydrogens is 974 g/mol. The van der Waals surface area contributed by atoms with E-state index in [9.17, 15) is 28.0 Å². The number of ether oxygens (including phenoxy) is 2. The van der Waals surface area contributed by atoms with Crippen LogP contribution in [0.3, 0.4) is 0 Å². The Labute approximate surface area is 430 Å². The Hall–Kier alpha value is -6.21. The van der Waals surface area contributed by atoms with Crippen molar-refractivity contribution >= 4 is 70.4 Å². The highest BCUT2D eigenvalue weighted by Crippen LogP contribution is 2.27. The van der Waals surface area contributed by atoms with E-state index >= 15 is 0 Å². The molecule has 18 nitrogen and oxygen atoms in total. The normalized spacial score (nSPS) is 16.2. The van der Waals surface area contributed by atoms with Crippen LogP contribution in [0.15, 0.2) is 53.8 Å². The number of hydrogen-bond acceptors (Lipinski definition) is 16. The Balaban J connectivity index is 0.000000258. The molecule has 4 fully saturated rings. The fourth-order valence-electron chi connectivity index (χ4n) is 8.64. The number of isocyanates is 1. The lowest BCUT2D eigenvalue weighted by molar-refractivity contribution is 0.102. The maximum atomic E-state index is 13.7. The molecule has 0 spiro atoms. The number of ketones is 2. The third-order valence-electron chi connectivity index (χ3n) is 12.5. The monoisotopic (exact) mass is 1040 g/mol. The lowest BCUT2D eigenvalue weighted by Crippen LogP contribution is -2.49. The van der Waals surface area contributed by atoms with Gasteiger partial charge in [-0.25, -0.2) is 33.3 Å². The number of nitrogen functional groups attached to an aromatic ring is 2. The standard InChI is InChI=1S/C24H31FN6O3.C17H20FN5O2.C7H11NO.CH2Cl2.CH4/c1-34-20-8-7-15(25)13-18(20)21(32)19-14-27-23(30-22(19)26)28-17-9-11-31(12-10-17)24(33)29-16-5-3-2-4-6-16;1-25-14-3-2-10(18)8-12(14)15(24)13-9-21-17(23-16(13)19)22-11-4-6-20-7-5-11;9-6-8-7-4-2-1-3-5-7;2-1-3;/h7-8,13-14,16-17H,2-6,9-12H2,1H3,(H,29,33)(H3,26,27,28,30);2-3,8-9,11,20H,4-7H2,1H3,(H3,19,21,22,23);7H,1-5H2;1H2;1H4. The largest absolute Gasteiger partial charge is 0.496 e. The number of urea groups is 1. The van der Waals surface area contributed by atoms with Crippen LogP contribution in [0.25, 0.3) is 0 Å². The van der Waals surface area contributed by atoms with Crippen LogP contribution in [0.1, 0.15) is 129 Å². The molecule has 0 bridgehead atoms. The lowest BCUT2D eigenvalue weighted by Gasteiger charge is -2.34. The molecule has 8 N–H and O–H groups in total. The zero-order valence-electron chi connectivity index (χ0n) is 40.2. The number of nitrogens with zero attached hydrogens (tertiary/aromatic N) is 6. The summed E-state index contributed by atoms with van der Waals surface area (Å²) >= 11 is 9.53. The van der Waals surface area contributed by atoms with Crippen LogP contribution in [0.2, 0.25) is 0 Å². The number of aliphatic imine (C=N–C) groups is 1. The highest BCUT2D eigenvalue weighted by Gasteiger charge is 2.27. The number of piperidine rings is 2. The van der Waals surface area contributed by atoms with Crippen LogP contribution >= 0.6 is 23.2 Å². The van der Waals surface area contributed by atoms with E-state index in [4.69, 9.17) is 44.1 Å². The molecule has 0 unspecified atom stereocenters. The number of benzene rings is 2. The number of nitrogens with two attached hydrogens (primary N) is 2. The van der Waals surface area contributed by atoms with Crippen molar-refractivity contribution in [3.8, 4) is 11.5 Å².